The number of carbonyl (C=O) groups excluding carboxylic acids is 1. The van der Waals surface area contributed by atoms with Gasteiger partial charge in [-0.05, 0) is 29.9 Å². The van der Waals surface area contributed by atoms with E-state index in [9.17, 15) is 4.79 Å². The summed E-state index contributed by atoms with van der Waals surface area (Å²) in [6, 6.07) is 14.8. The highest BCUT2D eigenvalue weighted by atomic mass is 32.1. The number of carbonyl (C=O) groups is 1. The van der Waals surface area contributed by atoms with E-state index >= 15 is 0 Å². The van der Waals surface area contributed by atoms with E-state index in [0.29, 0.717) is 12.5 Å². The fourth-order valence-corrected chi connectivity index (χ4v) is 3.75. The Kier molecular flexibility index (Phi) is 4.65. The molecule has 0 bridgehead atoms. The first kappa shape index (κ1) is 16.1. The van der Waals surface area contributed by atoms with Crippen LogP contribution in [0.1, 0.15) is 29.0 Å². The lowest BCUT2D eigenvalue weighted by Gasteiger charge is -2.22. The quantitative estimate of drug-likeness (QED) is 0.650. The number of hydrogen-bond donors (Lipinski definition) is 0. The van der Waals surface area contributed by atoms with Gasteiger partial charge in [-0.3, -0.25) is 4.79 Å². The third-order valence-corrected chi connectivity index (χ3v) is 5.40. The van der Waals surface area contributed by atoms with Gasteiger partial charge in [-0.2, -0.15) is 0 Å². The molecule has 2 heterocycles. The highest BCUT2D eigenvalue weighted by Crippen LogP contribution is 2.29. The molecule has 0 unspecified atom stereocenters. The predicted octanol–water partition coefficient (Wildman–Crippen LogP) is 3.73. The molecular formula is C20H21N3OS. The predicted molar refractivity (Wildman–Crippen MR) is 99.4 cm³/mol. The third kappa shape index (κ3) is 3.99. The van der Waals surface area contributed by atoms with Crippen LogP contribution in [0.2, 0.25) is 0 Å². The zero-order valence-electron chi connectivity index (χ0n) is 14.0. The monoisotopic (exact) mass is 351 g/mol. The Morgan fingerprint density at radius 2 is 2.04 bits per heavy atom. The summed E-state index contributed by atoms with van der Waals surface area (Å²) in [7, 11) is 0. The number of imidazole rings is 1. The highest BCUT2D eigenvalue weighted by Gasteiger charge is 2.32. The van der Waals surface area contributed by atoms with E-state index in [1.807, 2.05) is 41.7 Å². The van der Waals surface area contributed by atoms with E-state index in [-0.39, 0.29) is 5.91 Å². The lowest BCUT2D eigenvalue weighted by molar-refractivity contribution is -0.131. The first-order valence-corrected chi connectivity index (χ1v) is 9.52. The fraction of sp³-hybridized carbons (Fsp3) is 0.300. The Labute approximate surface area is 151 Å². The van der Waals surface area contributed by atoms with E-state index in [1.54, 1.807) is 11.3 Å². The molecule has 1 saturated carbocycles. The van der Waals surface area contributed by atoms with Crippen molar-refractivity contribution < 1.29 is 4.79 Å². The lowest BCUT2D eigenvalue weighted by Crippen LogP contribution is -2.34. The van der Waals surface area contributed by atoms with Gasteiger partial charge in [-0.15, -0.1) is 11.3 Å². The summed E-state index contributed by atoms with van der Waals surface area (Å²) in [5, 5.41) is 2.07. The molecule has 0 N–H and O–H groups in total. The average Bonchev–Trinajstić information content (AvgIpc) is 3.16. The van der Waals surface area contributed by atoms with Crippen molar-refractivity contribution in [2.24, 2.45) is 0 Å². The average molecular weight is 351 g/mol. The summed E-state index contributed by atoms with van der Waals surface area (Å²) in [6.07, 6.45) is 6.29. The molecule has 25 heavy (non-hydrogen) atoms. The van der Waals surface area contributed by atoms with Gasteiger partial charge in [-0.25, -0.2) is 4.98 Å². The van der Waals surface area contributed by atoms with Crippen molar-refractivity contribution >= 4 is 17.2 Å². The van der Waals surface area contributed by atoms with Gasteiger partial charge in [0, 0.05) is 29.4 Å². The molecule has 1 fully saturated rings. The van der Waals surface area contributed by atoms with Crippen molar-refractivity contribution in [1.82, 2.24) is 14.5 Å². The largest absolute Gasteiger partial charge is 0.334 e. The summed E-state index contributed by atoms with van der Waals surface area (Å²) in [4.78, 5) is 20.5. The molecule has 0 saturated heterocycles. The Morgan fingerprint density at radius 3 is 2.76 bits per heavy atom. The van der Waals surface area contributed by atoms with Crippen LogP contribution in [-0.2, 0) is 24.3 Å². The SMILES string of the molecule is O=C(Cc1cncn1Cc1ccccc1)N(Cc1cccs1)C1CC1. The number of rotatable bonds is 7. The molecule has 3 aromatic rings. The number of aromatic nitrogens is 2. The molecule has 1 aromatic carbocycles. The molecule has 0 aliphatic heterocycles. The number of amides is 1. The second-order valence-corrected chi connectivity index (χ2v) is 7.54. The molecule has 0 atom stereocenters. The second-order valence-electron chi connectivity index (χ2n) is 6.51. The second kappa shape index (κ2) is 7.23. The minimum absolute atomic E-state index is 0.200. The summed E-state index contributed by atoms with van der Waals surface area (Å²) in [6.45, 7) is 1.48. The van der Waals surface area contributed by atoms with Crippen molar-refractivity contribution in [3.05, 3.63) is 76.5 Å². The van der Waals surface area contributed by atoms with Gasteiger partial charge in [0.25, 0.3) is 0 Å². The smallest absolute Gasteiger partial charge is 0.229 e. The van der Waals surface area contributed by atoms with Crippen LogP contribution < -0.4 is 0 Å². The van der Waals surface area contributed by atoms with Crippen LogP contribution in [-0.4, -0.2) is 26.4 Å². The van der Waals surface area contributed by atoms with Crippen LogP contribution in [0.3, 0.4) is 0 Å². The summed E-state index contributed by atoms with van der Waals surface area (Å²) in [5.41, 5.74) is 2.19. The van der Waals surface area contributed by atoms with E-state index in [0.717, 1.165) is 31.6 Å². The Bertz CT molecular complexity index is 822. The van der Waals surface area contributed by atoms with Gasteiger partial charge in [0.15, 0.2) is 0 Å². The molecule has 4 rings (SSSR count). The maximum Gasteiger partial charge on any atom is 0.229 e. The summed E-state index contributed by atoms with van der Waals surface area (Å²) < 4.78 is 2.07. The molecule has 128 valence electrons. The number of nitrogens with zero attached hydrogens (tertiary/aromatic N) is 3. The first-order valence-electron chi connectivity index (χ1n) is 8.64. The van der Waals surface area contributed by atoms with E-state index < -0.39 is 0 Å². The minimum Gasteiger partial charge on any atom is -0.334 e. The van der Waals surface area contributed by atoms with Gasteiger partial charge in [0.2, 0.25) is 5.91 Å². The molecule has 0 radical (unpaired) electrons. The highest BCUT2D eigenvalue weighted by molar-refractivity contribution is 7.09. The molecule has 2 aromatic heterocycles. The van der Waals surface area contributed by atoms with Crippen LogP contribution >= 0.6 is 11.3 Å². The number of benzene rings is 1. The maximum absolute atomic E-state index is 12.9. The lowest BCUT2D eigenvalue weighted by atomic mass is 10.2. The number of hydrogen-bond acceptors (Lipinski definition) is 3. The number of thiophene rings is 1. The van der Waals surface area contributed by atoms with Gasteiger partial charge in [-0.1, -0.05) is 36.4 Å². The van der Waals surface area contributed by atoms with Crippen molar-refractivity contribution in [3.63, 3.8) is 0 Å². The fourth-order valence-electron chi connectivity index (χ4n) is 3.05. The van der Waals surface area contributed by atoms with Gasteiger partial charge in [0.1, 0.15) is 0 Å². The van der Waals surface area contributed by atoms with Gasteiger partial charge >= 0.3 is 0 Å². The Hall–Kier alpha value is -2.40. The topological polar surface area (TPSA) is 38.1 Å². The molecule has 4 nitrogen and oxygen atoms in total. The zero-order chi connectivity index (χ0) is 17.1. The van der Waals surface area contributed by atoms with E-state index in [4.69, 9.17) is 0 Å². The van der Waals surface area contributed by atoms with Crippen molar-refractivity contribution in [2.75, 3.05) is 0 Å². The third-order valence-electron chi connectivity index (χ3n) is 4.54. The van der Waals surface area contributed by atoms with Crippen LogP contribution in [0.4, 0.5) is 0 Å². The first-order chi connectivity index (χ1) is 12.3. The van der Waals surface area contributed by atoms with Crippen LogP contribution in [0.5, 0.6) is 0 Å². The maximum atomic E-state index is 12.9. The van der Waals surface area contributed by atoms with Crippen molar-refractivity contribution in [3.8, 4) is 0 Å². The molecule has 0 spiro atoms. The zero-order valence-corrected chi connectivity index (χ0v) is 14.9. The Morgan fingerprint density at radius 1 is 1.20 bits per heavy atom. The molecule has 1 aliphatic carbocycles. The molecular weight excluding hydrogens is 330 g/mol. The molecule has 1 aliphatic rings. The van der Waals surface area contributed by atoms with Crippen molar-refractivity contribution in [1.29, 1.82) is 0 Å². The van der Waals surface area contributed by atoms with Crippen LogP contribution in [0, 0.1) is 0 Å². The molecule has 5 heteroatoms. The van der Waals surface area contributed by atoms with E-state index in [2.05, 4.69) is 33.1 Å². The van der Waals surface area contributed by atoms with Crippen LogP contribution in [0.25, 0.3) is 0 Å². The Balaban J connectivity index is 1.46. The van der Waals surface area contributed by atoms with Gasteiger partial charge < -0.3 is 9.47 Å². The minimum atomic E-state index is 0.200. The summed E-state index contributed by atoms with van der Waals surface area (Å²) >= 11 is 1.72. The molecule has 1 amide bonds. The van der Waals surface area contributed by atoms with Crippen LogP contribution in [0.15, 0.2) is 60.4 Å². The summed E-state index contributed by atoms with van der Waals surface area (Å²) in [5.74, 6) is 0.200. The van der Waals surface area contributed by atoms with E-state index in [1.165, 1.54) is 10.4 Å². The van der Waals surface area contributed by atoms with Crippen molar-refractivity contribution in [2.45, 2.75) is 38.4 Å². The normalized spacial score (nSPS) is 13.8. The van der Waals surface area contributed by atoms with Gasteiger partial charge in [0.05, 0.1) is 19.3 Å². The standard InChI is InChI=1S/C20H21N3OS/c24-20(23(17-8-9-17)14-19-7-4-10-25-19)11-18-12-21-15-22(18)13-16-5-2-1-3-6-16/h1-7,10,12,15,17H,8-9,11,13-14H2.